The highest BCUT2D eigenvalue weighted by Crippen LogP contribution is 2.05. The molecule has 0 aromatic carbocycles. The molecule has 0 saturated carbocycles. The Hall–Kier alpha value is -1.34. The van der Waals surface area contributed by atoms with Crippen molar-refractivity contribution < 1.29 is 14.6 Å². The number of hydrogen-bond acceptors (Lipinski definition) is 3. The van der Waals surface area contributed by atoms with Gasteiger partial charge in [0.15, 0.2) is 0 Å². The van der Waals surface area contributed by atoms with Crippen LogP contribution in [0, 0.1) is 11.3 Å². The maximum absolute atomic E-state index is 10.4. The lowest BCUT2D eigenvalue weighted by atomic mass is 10.1. The van der Waals surface area contributed by atoms with Gasteiger partial charge in [0, 0.05) is 7.11 Å². The van der Waals surface area contributed by atoms with Crippen LogP contribution in [0.15, 0.2) is 11.6 Å². The number of rotatable bonds is 5. The summed E-state index contributed by atoms with van der Waals surface area (Å²) < 4.78 is 5.03. The minimum Gasteiger partial charge on any atom is -0.477 e. The molecule has 0 radical (unpaired) electrons. The molecule has 0 amide bonds. The minimum atomic E-state index is -1.19. The molecule has 0 rings (SSSR count). The van der Waals surface area contributed by atoms with E-state index in [0.717, 1.165) is 6.42 Å². The van der Waals surface area contributed by atoms with E-state index < -0.39 is 5.97 Å². The lowest BCUT2D eigenvalue weighted by molar-refractivity contribution is -0.132. The standard InChI is InChI=1S/C9H13NO3/c1-3-8(13-2)5-4-7(6-10)9(11)12/h4,8H,3,5H2,1-2H3,(H,11,12). The summed E-state index contributed by atoms with van der Waals surface area (Å²) in [6.07, 6.45) is 2.63. The molecule has 1 N–H and O–H groups in total. The van der Waals surface area contributed by atoms with Crippen molar-refractivity contribution in [2.24, 2.45) is 0 Å². The first-order chi connectivity index (χ1) is 6.15. The van der Waals surface area contributed by atoms with Crippen molar-refractivity contribution in [2.45, 2.75) is 25.9 Å². The van der Waals surface area contributed by atoms with Crippen LogP contribution in [0.3, 0.4) is 0 Å². The molecule has 0 bridgehead atoms. The fraction of sp³-hybridized carbons (Fsp3) is 0.556. The molecule has 1 unspecified atom stereocenters. The van der Waals surface area contributed by atoms with E-state index in [1.807, 2.05) is 6.92 Å². The summed E-state index contributed by atoms with van der Waals surface area (Å²) in [5.41, 5.74) is -0.226. The summed E-state index contributed by atoms with van der Waals surface area (Å²) in [5.74, 6) is -1.19. The Balaban J connectivity index is 4.23. The molecule has 0 fully saturated rings. The average Bonchev–Trinajstić information content (AvgIpc) is 2.12. The smallest absolute Gasteiger partial charge is 0.346 e. The molecule has 0 aliphatic carbocycles. The molecule has 0 aliphatic heterocycles. The maximum atomic E-state index is 10.4. The van der Waals surface area contributed by atoms with Crippen molar-refractivity contribution in [3.63, 3.8) is 0 Å². The highest BCUT2D eigenvalue weighted by atomic mass is 16.5. The van der Waals surface area contributed by atoms with Gasteiger partial charge in [0.1, 0.15) is 11.6 Å². The zero-order valence-electron chi connectivity index (χ0n) is 7.78. The van der Waals surface area contributed by atoms with Gasteiger partial charge in [-0.3, -0.25) is 0 Å². The predicted molar refractivity (Wildman–Crippen MR) is 47.0 cm³/mol. The first-order valence-corrected chi connectivity index (χ1v) is 4.02. The molecule has 0 saturated heterocycles. The van der Waals surface area contributed by atoms with Crippen LogP contribution in [0.4, 0.5) is 0 Å². The first-order valence-electron chi connectivity index (χ1n) is 4.02. The molecule has 1 atom stereocenters. The van der Waals surface area contributed by atoms with Gasteiger partial charge in [-0.1, -0.05) is 13.0 Å². The number of carboxylic acids is 1. The van der Waals surface area contributed by atoms with Gasteiger partial charge in [0.05, 0.1) is 6.10 Å². The zero-order chi connectivity index (χ0) is 10.3. The van der Waals surface area contributed by atoms with E-state index in [9.17, 15) is 4.79 Å². The van der Waals surface area contributed by atoms with Crippen LogP contribution in [-0.2, 0) is 9.53 Å². The zero-order valence-corrected chi connectivity index (χ0v) is 7.78. The molecule has 0 aromatic rings. The normalized spacial score (nSPS) is 13.5. The summed E-state index contributed by atoms with van der Waals surface area (Å²) in [6, 6.07) is 1.61. The van der Waals surface area contributed by atoms with Crippen LogP contribution in [0.2, 0.25) is 0 Å². The highest BCUT2D eigenvalue weighted by Gasteiger charge is 2.07. The third-order valence-electron chi connectivity index (χ3n) is 1.72. The number of nitrogens with zero attached hydrogens (tertiary/aromatic N) is 1. The third-order valence-corrected chi connectivity index (χ3v) is 1.72. The van der Waals surface area contributed by atoms with E-state index in [0.29, 0.717) is 6.42 Å². The van der Waals surface area contributed by atoms with Crippen LogP contribution >= 0.6 is 0 Å². The number of ether oxygens (including phenoxy) is 1. The van der Waals surface area contributed by atoms with Gasteiger partial charge in [-0.25, -0.2) is 4.79 Å². The van der Waals surface area contributed by atoms with Crippen LogP contribution < -0.4 is 0 Å². The Morgan fingerprint density at radius 1 is 1.77 bits per heavy atom. The summed E-state index contributed by atoms with van der Waals surface area (Å²) >= 11 is 0. The van der Waals surface area contributed by atoms with Crippen molar-refractivity contribution in [2.75, 3.05) is 7.11 Å². The van der Waals surface area contributed by atoms with Crippen molar-refractivity contribution in [1.29, 1.82) is 5.26 Å². The minimum absolute atomic E-state index is 0.0114. The first kappa shape index (κ1) is 11.7. The summed E-state index contributed by atoms with van der Waals surface area (Å²) in [5, 5.41) is 16.9. The van der Waals surface area contributed by atoms with Gasteiger partial charge in [0.2, 0.25) is 0 Å². The topological polar surface area (TPSA) is 70.3 Å². The van der Waals surface area contributed by atoms with Gasteiger partial charge >= 0.3 is 5.97 Å². The second-order valence-electron chi connectivity index (χ2n) is 2.54. The highest BCUT2D eigenvalue weighted by molar-refractivity contribution is 5.90. The molecule has 0 heterocycles. The fourth-order valence-corrected chi connectivity index (χ4v) is 0.860. The molecule has 0 spiro atoms. The molecule has 4 nitrogen and oxygen atoms in total. The largest absolute Gasteiger partial charge is 0.477 e. The SMILES string of the molecule is CCC(CC=C(C#N)C(=O)O)OC. The Labute approximate surface area is 77.4 Å². The quantitative estimate of drug-likeness (QED) is 0.515. The van der Waals surface area contributed by atoms with E-state index in [1.165, 1.54) is 6.08 Å². The number of carboxylic acid groups (broad SMARTS) is 1. The van der Waals surface area contributed by atoms with Gasteiger partial charge in [-0.15, -0.1) is 0 Å². The average molecular weight is 183 g/mol. The Morgan fingerprint density at radius 2 is 2.38 bits per heavy atom. The number of nitriles is 1. The van der Waals surface area contributed by atoms with Crippen molar-refractivity contribution in [1.82, 2.24) is 0 Å². The monoisotopic (exact) mass is 183 g/mol. The van der Waals surface area contributed by atoms with E-state index >= 15 is 0 Å². The Kier molecular flexibility index (Phi) is 5.57. The van der Waals surface area contributed by atoms with Gasteiger partial charge in [-0.2, -0.15) is 5.26 Å². The second-order valence-corrected chi connectivity index (χ2v) is 2.54. The molecular weight excluding hydrogens is 170 g/mol. The molecule has 0 aromatic heterocycles. The molecular formula is C9H13NO3. The van der Waals surface area contributed by atoms with E-state index in [2.05, 4.69) is 0 Å². The third kappa shape index (κ3) is 4.28. The number of aliphatic carboxylic acids is 1. The van der Waals surface area contributed by atoms with Crippen molar-refractivity contribution in [3.8, 4) is 6.07 Å². The molecule has 0 aliphatic rings. The Morgan fingerprint density at radius 3 is 2.69 bits per heavy atom. The van der Waals surface area contributed by atoms with Crippen LogP contribution in [0.25, 0.3) is 0 Å². The van der Waals surface area contributed by atoms with E-state index in [1.54, 1.807) is 13.2 Å². The number of carbonyl (C=O) groups is 1. The molecule has 4 heteroatoms. The molecule has 72 valence electrons. The van der Waals surface area contributed by atoms with E-state index in [-0.39, 0.29) is 11.7 Å². The number of hydrogen-bond donors (Lipinski definition) is 1. The van der Waals surface area contributed by atoms with Gasteiger partial charge in [0.25, 0.3) is 0 Å². The van der Waals surface area contributed by atoms with Crippen molar-refractivity contribution >= 4 is 5.97 Å². The fourth-order valence-electron chi connectivity index (χ4n) is 0.860. The number of methoxy groups -OCH3 is 1. The van der Waals surface area contributed by atoms with Crippen LogP contribution in [0.1, 0.15) is 19.8 Å². The lowest BCUT2D eigenvalue weighted by Gasteiger charge is -2.08. The van der Waals surface area contributed by atoms with Crippen LogP contribution in [-0.4, -0.2) is 24.3 Å². The summed E-state index contributed by atoms with van der Waals surface area (Å²) in [6.45, 7) is 1.94. The molecule has 13 heavy (non-hydrogen) atoms. The van der Waals surface area contributed by atoms with Gasteiger partial charge in [-0.05, 0) is 12.8 Å². The lowest BCUT2D eigenvalue weighted by Crippen LogP contribution is -2.08. The van der Waals surface area contributed by atoms with Crippen LogP contribution in [0.5, 0.6) is 0 Å². The van der Waals surface area contributed by atoms with Gasteiger partial charge < -0.3 is 9.84 Å². The van der Waals surface area contributed by atoms with E-state index in [4.69, 9.17) is 15.1 Å². The summed E-state index contributed by atoms with van der Waals surface area (Å²) in [4.78, 5) is 10.4. The van der Waals surface area contributed by atoms with Crippen molar-refractivity contribution in [3.05, 3.63) is 11.6 Å². The Bertz CT molecular complexity index is 236. The second kappa shape index (κ2) is 6.21. The maximum Gasteiger partial charge on any atom is 0.346 e. The summed E-state index contributed by atoms with van der Waals surface area (Å²) in [7, 11) is 1.56. The predicted octanol–water partition coefficient (Wildman–Crippen LogP) is 1.34.